The van der Waals surface area contributed by atoms with E-state index in [0.717, 1.165) is 11.3 Å². The predicted octanol–water partition coefficient (Wildman–Crippen LogP) is 4.62. The molecule has 0 fully saturated rings. The molecule has 0 atom stereocenters. The van der Waals surface area contributed by atoms with Crippen LogP contribution in [0.4, 0.5) is 0 Å². The molecular weight excluding hydrogens is 230 g/mol. The first-order valence-electron chi connectivity index (χ1n) is 5.48. The van der Waals surface area contributed by atoms with Crippen molar-refractivity contribution in [1.82, 2.24) is 0 Å². The van der Waals surface area contributed by atoms with Crippen molar-refractivity contribution in [3.05, 3.63) is 58.5 Å². The number of hydrogen-bond acceptors (Lipinski definition) is 3. The van der Waals surface area contributed by atoms with Gasteiger partial charge in [-0.05, 0) is 25.0 Å². The number of allylic oxidation sites excluding steroid dienone is 1. The smallest absolute Gasteiger partial charge is 0.106 e. The zero-order chi connectivity index (χ0) is 12.7. The summed E-state index contributed by atoms with van der Waals surface area (Å²) in [6.45, 7) is 8.18. The quantitative estimate of drug-likeness (QED) is 0.542. The fourth-order valence-electron chi connectivity index (χ4n) is 1.49. The molecule has 0 aliphatic heterocycles. The second kappa shape index (κ2) is 7.07. The van der Waals surface area contributed by atoms with Gasteiger partial charge in [0.05, 0.1) is 0 Å². The zero-order valence-corrected chi connectivity index (χ0v) is 11.1. The molecule has 90 valence electrons. The lowest BCUT2D eigenvalue weighted by atomic mass is 10.1. The van der Waals surface area contributed by atoms with Crippen molar-refractivity contribution in [2.24, 2.45) is 5.18 Å². The Balaban J connectivity index is 2.92. The van der Waals surface area contributed by atoms with Crippen molar-refractivity contribution in [2.45, 2.75) is 20.4 Å². The van der Waals surface area contributed by atoms with Crippen molar-refractivity contribution in [3.8, 4) is 0 Å². The number of nitroso groups, excluding NO2 is 1. The molecular formula is C14H17NOS. The van der Waals surface area contributed by atoms with Crippen molar-refractivity contribution < 1.29 is 0 Å². The van der Waals surface area contributed by atoms with Crippen LogP contribution in [0.15, 0.2) is 47.7 Å². The molecule has 1 aromatic rings. The molecule has 0 saturated carbocycles. The summed E-state index contributed by atoms with van der Waals surface area (Å²) in [5.74, 6) is 0.901. The first kappa shape index (κ1) is 13.7. The van der Waals surface area contributed by atoms with Gasteiger partial charge in [-0.3, -0.25) is 0 Å². The molecule has 0 unspecified atom stereocenters. The number of nitrogens with zero attached hydrogens (tertiary/aromatic N) is 1. The summed E-state index contributed by atoms with van der Waals surface area (Å²) in [7, 11) is 0. The third-order valence-electron chi connectivity index (χ3n) is 2.26. The summed E-state index contributed by atoms with van der Waals surface area (Å²) in [6.07, 6.45) is 1.90. The Morgan fingerprint density at radius 1 is 1.35 bits per heavy atom. The second-order valence-electron chi connectivity index (χ2n) is 3.91. The first-order valence-corrected chi connectivity index (χ1v) is 6.47. The van der Waals surface area contributed by atoms with Gasteiger partial charge in [-0.2, -0.15) is 4.91 Å². The van der Waals surface area contributed by atoms with Gasteiger partial charge in [-0.25, -0.2) is 0 Å². The molecule has 0 aromatic heterocycles. The van der Waals surface area contributed by atoms with Gasteiger partial charge in [0.2, 0.25) is 0 Å². The lowest BCUT2D eigenvalue weighted by Crippen LogP contribution is -1.87. The molecule has 17 heavy (non-hydrogen) atoms. The average Bonchev–Trinajstić information content (AvgIpc) is 2.31. The minimum Gasteiger partial charge on any atom is -0.150 e. The highest BCUT2D eigenvalue weighted by molar-refractivity contribution is 8.08. The van der Waals surface area contributed by atoms with Crippen LogP contribution in [0.5, 0.6) is 0 Å². The molecule has 0 N–H and O–H groups in total. The Hall–Kier alpha value is -1.35. The highest BCUT2D eigenvalue weighted by Crippen LogP contribution is 2.30. The van der Waals surface area contributed by atoms with Crippen LogP contribution in [-0.4, -0.2) is 5.75 Å². The summed E-state index contributed by atoms with van der Waals surface area (Å²) in [5.41, 5.74) is 3.43. The van der Waals surface area contributed by atoms with E-state index in [-0.39, 0.29) is 6.54 Å². The van der Waals surface area contributed by atoms with E-state index in [9.17, 15) is 4.91 Å². The summed E-state index contributed by atoms with van der Waals surface area (Å²) >= 11 is 1.78. The number of benzene rings is 1. The van der Waals surface area contributed by atoms with E-state index in [1.807, 2.05) is 30.3 Å². The molecule has 0 heterocycles. The molecule has 2 nitrogen and oxygen atoms in total. The van der Waals surface area contributed by atoms with E-state index < -0.39 is 0 Å². The molecule has 0 aliphatic carbocycles. The molecule has 0 amide bonds. The predicted molar refractivity (Wildman–Crippen MR) is 76.9 cm³/mol. The zero-order valence-electron chi connectivity index (χ0n) is 10.3. The average molecular weight is 247 g/mol. The van der Waals surface area contributed by atoms with E-state index in [4.69, 9.17) is 0 Å². The van der Waals surface area contributed by atoms with Crippen molar-refractivity contribution >= 4 is 16.7 Å². The highest BCUT2D eigenvalue weighted by Gasteiger charge is 2.04. The van der Waals surface area contributed by atoms with Gasteiger partial charge in [0, 0.05) is 10.7 Å². The Labute approximate surface area is 107 Å². The maximum Gasteiger partial charge on any atom is 0.106 e. The Kier molecular flexibility index (Phi) is 5.70. The van der Waals surface area contributed by atoms with Crippen LogP contribution in [-0.2, 0) is 6.54 Å². The van der Waals surface area contributed by atoms with Crippen LogP contribution in [0.2, 0.25) is 0 Å². The molecule has 1 aromatic carbocycles. The normalized spacial score (nSPS) is 9.76. The van der Waals surface area contributed by atoms with Gasteiger partial charge in [-0.1, -0.05) is 41.1 Å². The van der Waals surface area contributed by atoms with Crippen LogP contribution in [0.3, 0.4) is 0 Å². The van der Waals surface area contributed by atoms with Gasteiger partial charge >= 0.3 is 0 Å². The highest BCUT2D eigenvalue weighted by atomic mass is 32.2. The Morgan fingerprint density at radius 3 is 2.47 bits per heavy atom. The van der Waals surface area contributed by atoms with E-state index in [0.29, 0.717) is 0 Å². The standard InChI is InChI=1S/C14H17NOS/c1-4-9-17-14(11(2)3)13-7-5-12(6-8-13)10-15-16/h4-8H,1,9-10H2,2-3H3. The lowest BCUT2D eigenvalue weighted by Gasteiger charge is -2.09. The van der Waals surface area contributed by atoms with E-state index >= 15 is 0 Å². The van der Waals surface area contributed by atoms with Crippen LogP contribution in [0, 0.1) is 4.91 Å². The lowest BCUT2D eigenvalue weighted by molar-refractivity contribution is 1.05. The van der Waals surface area contributed by atoms with E-state index in [2.05, 4.69) is 25.6 Å². The van der Waals surface area contributed by atoms with Gasteiger partial charge < -0.3 is 0 Å². The minimum absolute atomic E-state index is 0.240. The van der Waals surface area contributed by atoms with Crippen molar-refractivity contribution in [2.75, 3.05) is 5.75 Å². The summed E-state index contributed by atoms with van der Waals surface area (Å²) in [6, 6.07) is 7.99. The third kappa shape index (κ3) is 4.19. The maximum absolute atomic E-state index is 10.2. The topological polar surface area (TPSA) is 29.4 Å². The fourth-order valence-corrected chi connectivity index (χ4v) is 2.37. The molecule has 3 heteroatoms. The molecule has 1 rings (SSSR count). The SMILES string of the molecule is C=CCSC(=C(C)C)c1ccc(CN=O)cc1. The van der Waals surface area contributed by atoms with Crippen LogP contribution < -0.4 is 0 Å². The van der Waals surface area contributed by atoms with Crippen molar-refractivity contribution in [1.29, 1.82) is 0 Å². The van der Waals surface area contributed by atoms with E-state index in [1.165, 1.54) is 16.0 Å². The molecule has 0 bridgehead atoms. The maximum atomic E-state index is 10.2. The van der Waals surface area contributed by atoms with Gasteiger partial charge in [0.1, 0.15) is 6.54 Å². The van der Waals surface area contributed by atoms with Crippen LogP contribution in [0.25, 0.3) is 4.91 Å². The minimum atomic E-state index is 0.240. The van der Waals surface area contributed by atoms with Gasteiger partial charge in [0.25, 0.3) is 0 Å². The largest absolute Gasteiger partial charge is 0.150 e. The first-order chi connectivity index (χ1) is 8.19. The molecule has 0 saturated heterocycles. The number of hydrogen-bond donors (Lipinski definition) is 0. The molecule has 0 radical (unpaired) electrons. The summed E-state index contributed by atoms with van der Waals surface area (Å²) < 4.78 is 0. The number of rotatable bonds is 6. The molecule has 0 spiro atoms. The monoisotopic (exact) mass is 247 g/mol. The van der Waals surface area contributed by atoms with Gasteiger partial charge in [0.15, 0.2) is 0 Å². The van der Waals surface area contributed by atoms with Crippen LogP contribution >= 0.6 is 11.8 Å². The van der Waals surface area contributed by atoms with Gasteiger partial charge in [-0.15, -0.1) is 18.3 Å². The number of thioether (sulfide) groups is 1. The Morgan fingerprint density at radius 2 is 2.00 bits per heavy atom. The molecule has 0 aliphatic rings. The summed E-state index contributed by atoms with van der Waals surface area (Å²) in [4.78, 5) is 11.4. The van der Waals surface area contributed by atoms with Crippen LogP contribution in [0.1, 0.15) is 25.0 Å². The third-order valence-corrected chi connectivity index (χ3v) is 3.60. The fraction of sp³-hybridized carbons (Fsp3) is 0.286. The van der Waals surface area contributed by atoms with Crippen molar-refractivity contribution in [3.63, 3.8) is 0 Å². The summed E-state index contributed by atoms with van der Waals surface area (Å²) in [5, 5.41) is 2.88. The van der Waals surface area contributed by atoms with E-state index in [1.54, 1.807) is 11.8 Å². The Bertz CT molecular complexity index is 416. The second-order valence-corrected chi connectivity index (χ2v) is 4.94.